The number of aryl methyl sites for hydroxylation is 1. The summed E-state index contributed by atoms with van der Waals surface area (Å²) in [6.45, 7) is 3.04. The van der Waals surface area contributed by atoms with Crippen LogP contribution in [0.25, 0.3) is 10.8 Å². The van der Waals surface area contributed by atoms with Gasteiger partial charge in [0.25, 0.3) is 5.56 Å². The van der Waals surface area contributed by atoms with Crippen LogP contribution >= 0.6 is 0 Å². The summed E-state index contributed by atoms with van der Waals surface area (Å²) in [6.07, 6.45) is 1.80. The summed E-state index contributed by atoms with van der Waals surface area (Å²) in [5, 5.41) is 1.75. The van der Waals surface area contributed by atoms with Crippen molar-refractivity contribution in [3.63, 3.8) is 0 Å². The van der Waals surface area contributed by atoms with Crippen LogP contribution in [0, 0.1) is 6.92 Å². The van der Waals surface area contributed by atoms with Crippen LogP contribution in [0.1, 0.15) is 5.56 Å². The summed E-state index contributed by atoms with van der Waals surface area (Å²) >= 11 is 0. The van der Waals surface area contributed by atoms with E-state index < -0.39 is 0 Å². The number of fused-ring (bicyclic) bond motifs is 1. The van der Waals surface area contributed by atoms with Crippen LogP contribution < -0.4 is 11.3 Å². The Morgan fingerprint density at radius 1 is 1.33 bits per heavy atom. The quantitative estimate of drug-likeness (QED) is 0.797. The molecular weight excluding hydrogens is 188 g/mol. The average molecular weight is 202 g/mol. The van der Waals surface area contributed by atoms with E-state index in [0.29, 0.717) is 13.1 Å². The minimum absolute atomic E-state index is 0.0432. The van der Waals surface area contributed by atoms with Crippen LogP contribution in [-0.4, -0.2) is 11.1 Å². The van der Waals surface area contributed by atoms with Gasteiger partial charge < -0.3 is 10.3 Å². The van der Waals surface area contributed by atoms with E-state index in [2.05, 4.69) is 0 Å². The third-order valence-corrected chi connectivity index (χ3v) is 2.50. The SMILES string of the molecule is Cc1ccc2ccn(CCN)c(=O)c2c1. The molecule has 0 radical (unpaired) electrons. The second-order valence-electron chi connectivity index (χ2n) is 3.69. The van der Waals surface area contributed by atoms with E-state index in [1.54, 1.807) is 10.8 Å². The number of rotatable bonds is 2. The molecule has 0 bridgehead atoms. The summed E-state index contributed by atoms with van der Waals surface area (Å²) < 4.78 is 1.65. The highest BCUT2D eigenvalue weighted by Gasteiger charge is 2.01. The second-order valence-corrected chi connectivity index (χ2v) is 3.69. The second kappa shape index (κ2) is 3.87. The van der Waals surface area contributed by atoms with Crippen molar-refractivity contribution in [2.24, 2.45) is 5.73 Å². The number of pyridine rings is 1. The average Bonchev–Trinajstić information content (AvgIpc) is 2.23. The van der Waals surface area contributed by atoms with Gasteiger partial charge >= 0.3 is 0 Å². The topological polar surface area (TPSA) is 48.0 Å². The highest BCUT2D eigenvalue weighted by Crippen LogP contribution is 2.11. The first kappa shape index (κ1) is 9.93. The standard InChI is InChI=1S/C12H14N2O/c1-9-2-3-10-4-6-14(7-5-13)12(15)11(10)8-9/h2-4,6,8H,5,7,13H2,1H3. The predicted octanol–water partition coefficient (Wildman–Crippen LogP) is 1.27. The van der Waals surface area contributed by atoms with Crippen molar-refractivity contribution < 1.29 is 0 Å². The van der Waals surface area contributed by atoms with Gasteiger partial charge in [-0.15, -0.1) is 0 Å². The molecule has 2 aromatic rings. The van der Waals surface area contributed by atoms with Gasteiger partial charge in [-0.3, -0.25) is 4.79 Å². The maximum absolute atomic E-state index is 12.0. The van der Waals surface area contributed by atoms with E-state index in [9.17, 15) is 4.79 Å². The minimum Gasteiger partial charge on any atom is -0.329 e. The monoisotopic (exact) mass is 202 g/mol. The third kappa shape index (κ3) is 1.78. The van der Waals surface area contributed by atoms with Gasteiger partial charge in [0.1, 0.15) is 0 Å². The highest BCUT2D eigenvalue weighted by molar-refractivity contribution is 5.81. The van der Waals surface area contributed by atoms with E-state index in [0.717, 1.165) is 16.3 Å². The molecule has 0 amide bonds. The molecule has 0 aliphatic carbocycles. The van der Waals surface area contributed by atoms with Gasteiger partial charge in [-0.05, 0) is 24.4 Å². The molecule has 15 heavy (non-hydrogen) atoms. The third-order valence-electron chi connectivity index (χ3n) is 2.50. The van der Waals surface area contributed by atoms with E-state index in [1.165, 1.54) is 0 Å². The van der Waals surface area contributed by atoms with Gasteiger partial charge in [0.05, 0.1) is 0 Å². The van der Waals surface area contributed by atoms with E-state index in [-0.39, 0.29) is 5.56 Å². The molecule has 0 saturated carbocycles. The zero-order valence-corrected chi connectivity index (χ0v) is 8.73. The molecule has 1 heterocycles. The summed E-state index contributed by atoms with van der Waals surface area (Å²) in [7, 11) is 0. The summed E-state index contributed by atoms with van der Waals surface area (Å²) in [6, 6.07) is 7.85. The van der Waals surface area contributed by atoms with Crippen LogP contribution in [0.15, 0.2) is 35.3 Å². The Balaban J connectivity index is 2.71. The van der Waals surface area contributed by atoms with Crippen molar-refractivity contribution in [2.75, 3.05) is 6.54 Å². The maximum atomic E-state index is 12.0. The molecule has 0 spiro atoms. The fraction of sp³-hybridized carbons (Fsp3) is 0.250. The Bertz CT molecular complexity index is 543. The maximum Gasteiger partial charge on any atom is 0.258 e. The number of benzene rings is 1. The van der Waals surface area contributed by atoms with Crippen LogP contribution in [0.5, 0.6) is 0 Å². The number of hydrogen-bond acceptors (Lipinski definition) is 2. The molecule has 0 saturated heterocycles. The normalized spacial score (nSPS) is 10.8. The van der Waals surface area contributed by atoms with E-state index >= 15 is 0 Å². The van der Waals surface area contributed by atoms with Gasteiger partial charge in [-0.25, -0.2) is 0 Å². The molecule has 3 heteroatoms. The lowest BCUT2D eigenvalue weighted by Gasteiger charge is -2.05. The van der Waals surface area contributed by atoms with Crippen molar-refractivity contribution in [1.82, 2.24) is 4.57 Å². The van der Waals surface area contributed by atoms with Crippen molar-refractivity contribution in [3.05, 3.63) is 46.4 Å². The molecule has 3 nitrogen and oxygen atoms in total. The lowest BCUT2D eigenvalue weighted by Crippen LogP contribution is -2.23. The van der Waals surface area contributed by atoms with Gasteiger partial charge in [-0.2, -0.15) is 0 Å². The molecule has 0 aliphatic heterocycles. The number of hydrogen-bond donors (Lipinski definition) is 1. The molecule has 2 N–H and O–H groups in total. The largest absolute Gasteiger partial charge is 0.329 e. The Kier molecular flexibility index (Phi) is 2.56. The van der Waals surface area contributed by atoms with Crippen LogP contribution in [0.4, 0.5) is 0 Å². The first-order chi connectivity index (χ1) is 7.22. The van der Waals surface area contributed by atoms with E-state index in [1.807, 2.05) is 31.2 Å². The lowest BCUT2D eigenvalue weighted by atomic mass is 10.1. The first-order valence-electron chi connectivity index (χ1n) is 5.02. The Morgan fingerprint density at radius 2 is 2.13 bits per heavy atom. The smallest absolute Gasteiger partial charge is 0.258 e. The van der Waals surface area contributed by atoms with Crippen LogP contribution in [-0.2, 0) is 6.54 Å². The van der Waals surface area contributed by atoms with E-state index in [4.69, 9.17) is 5.73 Å². The minimum atomic E-state index is 0.0432. The van der Waals surface area contributed by atoms with Crippen molar-refractivity contribution >= 4 is 10.8 Å². The van der Waals surface area contributed by atoms with Gasteiger partial charge in [0, 0.05) is 24.7 Å². The first-order valence-corrected chi connectivity index (χ1v) is 5.02. The lowest BCUT2D eigenvalue weighted by molar-refractivity contribution is 0.687. The Morgan fingerprint density at radius 3 is 2.87 bits per heavy atom. The van der Waals surface area contributed by atoms with Gasteiger partial charge in [0.15, 0.2) is 0 Å². The number of aromatic nitrogens is 1. The molecule has 1 aromatic carbocycles. The van der Waals surface area contributed by atoms with Crippen LogP contribution in [0.2, 0.25) is 0 Å². The molecule has 2 rings (SSSR count). The van der Waals surface area contributed by atoms with Gasteiger partial charge in [0.2, 0.25) is 0 Å². The van der Waals surface area contributed by atoms with Crippen molar-refractivity contribution in [3.8, 4) is 0 Å². The number of nitrogens with zero attached hydrogens (tertiary/aromatic N) is 1. The molecule has 78 valence electrons. The molecular formula is C12H14N2O. The summed E-state index contributed by atoms with van der Waals surface area (Å²) in [5.74, 6) is 0. The Labute approximate surface area is 88.1 Å². The fourth-order valence-corrected chi connectivity index (χ4v) is 1.71. The number of nitrogens with two attached hydrogens (primary N) is 1. The highest BCUT2D eigenvalue weighted by atomic mass is 16.1. The molecule has 0 aliphatic rings. The zero-order valence-electron chi connectivity index (χ0n) is 8.73. The van der Waals surface area contributed by atoms with Crippen LogP contribution in [0.3, 0.4) is 0 Å². The van der Waals surface area contributed by atoms with Gasteiger partial charge in [-0.1, -0.05) is 17.7 Å². The summed E-state index contributed by atoms with van der Waals surface area (Å²) in [5.41, 5.74) is 6.59. The van der Waals surface area contributed by atoms with Crippen molar-refractivity contribution in [2.45, 2.75) is 13.5 Å². The molecule has 0 fully saturated rings. The van der Waals surface area contributed by atoms with Crippen molar-refractivity contribution in [1.29, 1.82) is 0 Å². The molecule has 0 unspecified atom stereocenters. The predicted molar refractivity (Wildman–Crippen MR) is 62.0 cm³/mol. The zero-order chi connectivity index (χ0) is 10.8. The molecule has 1 aromatic heterocycles. The summed E-state index contributed by atoms with van der Waals surface area (Å²) in [4.78, 5) is 12.0. The Hall–Kier alpha value is -1.61. The molecule has 0 atom stereocenters. The fourth-order valence-electron chi connectivity index (χ4n) is 1.71.